The van der Waals surface area contributed by atoms with Crippen molar-refractivity contribution in [3.8, 4) is 0 Å². The lowest BCUT2D eigenvalue weighted by Crippen LogP contribution is -2.24. The third-order valence-corrected chi connectivity index (χ3v) is 4.14. The number of aryl methyl sites for hydroxylation is 2. The van der Waals surface area contributed by atoms with Crippen molar-refractivity contribution in [2.24, 2.45) is 0 Å². The number of imidazole rings is 1. The van der Waals surface area contributed by atoms with Gasteiger partial charge in [-0.05, 0) is 37.3 Å². The summed E-state index contributed by atoms with van der Waals surface area (Å²) in [7, 11) is 0. The van der Waals surface area contributed by atoms with E-state index in [1.54, 1.807) is 6.20 Å². The summed E-state index contributed by atoms with van der Waals surface area (Å²) in [5, 5.41) is 10.2. The Morgan fingerprint density at radius 3 is 3.10 bits per heavy atom. The number of rotatable bonds is 5. The number of ether oxygens (including phenoxy) is 1. The summed E-state index contributed by atoms with van der Waals surface area (Å²) < 4.78 is 7.92. The van der Waals surface area contributed by atoms with Crippen LogP contribution in [0, 0.1) is 6.92 Å². The van der Waals surface area contributed by atoms with Crippen LogP contribution < -0.4 is 0 Å². The Morgan fingerprint density at radius 1 is 1.43 bits per heavy atom. The van der Waals surface area contributed by atoms with Crippen molar-refractivity contribution in [3.05, 3.63) is 53.6 Å². The number of hydrogen-bond donors (Lipinski definition) is 1. The number of hydrogen-bond acceptors (Lipinski definition) is 3. The van der Waals surface area contributed by atoms with E-state index in [1.165, 1.54) is 11.1 Å². The Hall–Kier alpha value is -1.65. The van der Waals surface area contributed by atoms with Crippen molar-refractivity contribution in [3.63, 3.8) is 0 Å². The van der Waals surface area contributed by atoms with E-state index in [9.17, 15) is 5.11 Å². The lowest BCUT2D eigenvalue weighted by Gasteiger charge is -2.26. The van der Waals surface area contributed by atoms with Crippen LogP contribution in [0.4, 0.5) is 0 Å². The predicted molar refractivity (Wildman–Crippen MR) is 81.0 cm³/mol. The molecule has 0 amide bonds. The van der Waals surface area contributed by atoms with Crippen LogP contribution in [0.25, 0.3) is 0 Å². The molecule has 1 N–H and O–H groups in total. The topological polar surface area (TPSA) is 47.3 Å². The van der Waals surface area contributed by atoms with Gasteiger partial charge in [0.25, 0.3) is 0 Å². The van der Waals surface area contributed by atoms with E-state index in [0.717, 1.165) is 25.1 Å². The second-order valence-electron chi connectivity index (χ2n) is 5.69. The highest BCUT2D eigenvalue weighted by Crippen LogP contribution is 2.32. The second kappa shape index (κ2) is 6.41. The molecule has 0 spiro atoms. The van der Waals surface area contributed by atoms with E-state index in [1.807, 2.05) is 17.7 Å². The molecular formula is C17H22N2O2. The molecule has 2 aromatic rings. The van der Waals surface area contributed by atoms with Crippen LogP contribution >= 0.6 is 0 Å². The molecule has 112 valence electrons. The van der Waals surface area contributed by atoms with Gasteiger partial charge in [-0.1, -0.05) is 24.3 Å². The highest BCUT2D eigenvalue weighted by molar-refractivity contribution is 5.31. The lowest BCUT2D eigenvalue weighted by atomic mass is 9.89. The highest BCUT2D eigenvalue weighted by Gasteiger charge is 2.21. The molecule has 1 aromatic carbocycles. The molecule has 4 heteroatoms. The molecule has 2 atom stereocenters. The van der Waals surface area contributed by atoms with Gasteiger partial charge < -0.3 is 14.4 Å². The van der Waals surface area contributed by atoms with E-state index >= 15 is 0 Å². The molecule has 3 rings (SSSR count). The van der Waals surface area contributed by atoms with Gasteiger partial charge >= 0.3 is 0 Å². The average Bonchev–Trinajstić information content (AvgIpc) is 2.90. The molecule has 1 heterocycles. The van der Waals surface area contributed by atoms with Crippen LogP contribution in [0.2, 0.25) is 0 Å². The molecule has 1 aromatic heterocycles. The molecule has 1 aliphatic carbocycles. The van der Waals surface area contributed by atoms with E-state index in [0.29, 0.717) is 13.2 Å². The minimum Gasteiger partial charge on any atom is -0.389 e. The maximum absolute atomic E-state index is 10.2. The molecule has 0 fully saturated rings. The van der Waals surface area contributed by atoms with Crippen LogP contribution in [0.15, 0.2) is 36.7 Å². The van der Waals surface area contributed by atoms with E-state index in [2.05, 4.69) is 29.2 Å². The smallest absolute Gasteiger partial charge is 0.105 e. The summed E-state index contributed by atoms with van der Waals surface area (Å²) in [4.78, 5) is 4.16. The van der Waals surface area contributed by atoms with Crippen molar-refractivity contribution in [1.82, 2.24) is 9.55 Å². The third-order valence-electron chi connectivity index (χ3n) is 4.14. The fraction of sp³-hybridized carbons (Fsp3) is 0.471. The highest BCUT2D eigenvalue weighted by atomic mass is 16.5. The Labute approximate surface area is 125 Å². The summed E-state index contributed by atoms with van der Waals surface area (Å²) in [6, 6.07) is 8.46. The predicted octanol–water partition coefficient (Wildman–Crippen LogP) is 2.65. The first-order chi connectivity index (χ1) is 10.2. The fourth-order valence-electron chi connectivity index (χ4n) is 2.99. The van der Waals surface area contributed by atoms with Crippen LogP contribution in [0.3, 0.4) is 0 Å². The van der Waals surface area contributed by atoms with Crippen molar-refractivity contribution in [2.75, 3.05) is 6.61 Å². The van der Waals surface area contributed by atoms with Crippen LogP contribution in [0.5, 0.6) is 0 Å². The molecule has 0 radical (unpaired) electrons. The zero-order valence-electron chi connectivity index (χ0n) is 12.4. The Kier molecular flexibility index (Phi) is 4.36. The number of nitrogens with zero attached hydrogens (tertiary/aromatic N) is 2. The lowest BCUT2D eigenvalue weighted by molar-refractivity contribution is -0.0227. The molecule has 0 aliphatic heterocycles. The minimum absolute atomic E-state index is 0.119. The Morgan fingerprint density at radius 2 is 2.29 bits per heavy atom. The average molecular weight is 286 g/mol. The van der Waals surface area contributed by atoms with Gasteiger partial charge in [-0.2, -0.15) is 0 Å². The fourth-order valence-corrected chi connectivity index (χ4v) is 2.99. The summed E-state index contributed by atoms with van der Waals surface area (Å²) in [5.74, 6) is 0.914. The molecule has 4 nitrogen and oxygen atoms in total. The first-order valence-electron chi connectivity index (χ1n) is 7.59. The minimum atomic E-state index is -0.507. The monoisotopic (exact) mass is 286 g/mol. The van der Waals surface area contributed by atoms with Gasteiger partial charge in [0.1, 0.15) is 5.82 Å². The quantitative estimate of drug-likeness (QED) is 0.919. The summed E-state index contributed by atoms with van der Waals surface area (Å²) in [6.45, 7) is 2.82. The van der Waals surface area contributed by atoms with Crippen LogP contribution in [0.1, 0.15) is 35.9 Å². The van der Waals surface area contributed by atoms with Gasteiger partial charge in [0.15, 0.2) is 0 Å². The Bertz CT molecular complexity index is 594. The summed E-state index contributed by atoms with van der Waals surface area (Å²) in [5.41, 5.74) is 2.67. The summed E-state index contributed by atoms with van der Waals surface area (Å²) in [6.07, 6.45) is 6.56. The van der Waals surface area contributed by atoms with Gasteiger partial charge in [-0.25, -0.2) is 4.98 Å². The first kappa shape index (κ1) is 14.3. The van der Waals surface area contributed by atoms with E-state index < -0.39 is 6.10 Å². The number of aliphatic hydroxyl groups is 1. The number of fused-ring (bicyclic) bond motifs is 1. The third kappa shape index (κ3) is 3.34. The molecular weight excluding hydrogens is 264 g/mol. The summed E-state index contributed by atoms with van der Waals surface area (Å²) >= 11 is 0. The molecule has 0 saturated carbocycles. The number of aliphatic hydroxyl groups excluding tert-OH is 1. The second-order valence-corrected chi connectivity index (χ2v) is 5.69. The van der Waals surface area contributed by atoms with Gasteiger partial charge in [0, 0.05) is 12.4 Å². The largest absolute Gasteiger partial charge is 0.389 e. The van der Waals surface area contributed by atoms with Crippen molar-refractivity contribution < 1.29 is 9.84 Å². The number of aromatic nitrogens is 2. The first-order valence-corrected chi connectivity index (χ1v) is 7.59. The SMILES string of the molecule is Cc1nccn1C[C@@H](O)CO[C@H]1CCCc2ccccc21. The standard InChI is InChI=1S/C17H22N2O2/c1-13-18-9-10-19(13)11-15(20)12-21-17-8-4-6-14-5-2-3-7-16(14)17/h2-3,5,7,9-10,15,17,20H,4,6,8,11-12H2,1H3/t15-,17+/m1/s1. The van der Waals surface area contributed by atoms with Gasteiger partial charge in [0.2, 0.25) is 0 Å². The normalized spacial score (nSPS) is 19.2. The van der Waals surface area contributed by atoms with Crippen molar-refractivity contribution >= 4 is 0 Å². The molecule has 0 unspecified atom stereocenters. The molecule has 0 bridgehead atoms. The van der Waals surface area contributed by atoms with Crippen LogP contribution in [-0.2, 0) is 17.7 Å². The van der Waals surface area contributed by atoms with E-state index in [-0.39, 0.29) is 6.10 Å². The zero-order valence-corrected chi connectivity index (χ0v) is 12.4. The number of benzene rings is 1. The van der Waals surface area contributed by atoms with Crippen molar-refractivity contribution in [2.45, 2.75) is 44.9 Å². The molecule has 0 saturated heterocycles. The Balaban J connectivity index is 1.57. The van der Waals surface area contributed by atoms with Gasteiger partial charge in [-0.15, -0.1) is 0 Å². The van der Waals surface area contributed by atoms with Crippen molar-refractivity contribution in [1.29, 1.82) is 0 Å². The van der Waals surface area contributed by atoms with E-state index in [4.69, 9.17) is 4.74 Å². The maximum atomic E-state index is 10.2. The zero-order chi connectivity index (χ0) is 14.7. The molecule has 21 heavy (non-hydrogen) atoms. The van der Waals surface area contributed by atoms with Gasteiger partial charge in [0.05, 0.1) is 25.4 Å². The molecule has 1 aliphatic rings. The van der Waals surface area contributed by atoms with Gasteiger partial charge in [-0.3, -0.25) is 0 Å². The maximum Gasteiger partial charge on any atom is 0.105 e. The van der Waals surface area contributed by atoms with Crippen LogP contribution in [-0.4, -0.2) is 27.4 Å².